The molecule has 0 amide bonds. The SMILES string of the molecule is CC#CCCNCC1CCCS1. The Morgan fingerprint density at radius 2 is 2.50 bits per heavy atom. The summed E-state index contributed by atoms with van der Waals surface area (Å²) in [6.45, 7) is 4.13. The molecule has 0 radical (unpaired) electrons. The molecule has 1 heterocycles. The first-order valence-corrected chi connectivity index (χ1v) is 5.70. The zero-order valence-corrected chi connectivity index (χ0v) is 8.54. The molecular weight excluding hydrogens is 166 g/mol. The van der Waals surface area contributed by atoms with Gasteiger partial charge < -0.3 is 5.32 Å². The standard InChI is InChI=1S/C10H17NS/c1-2-3-4-7-11-9-10-6-5-8-12-10/h10-11H,4-9H2,1H3. The first-order valence-electron chi connectivity index (χ1n) is 4.65. The molecule has 0 aromatic heterocycles. The number of thioether (sulfide) groups is 1. The second-order valence-electron chi connectivity index (χ2n) is 3.02. The first-order chi connectivity index (χ1) is 5.93. The maximum Gasteiger partial charge on any atom is 0.0214 e. The van der Waals surface area contributed by atoms with Crippen LogP contribution in [0.3, 0.4) is 0 Å². The Kier molecular flexibility index (Phi) is 5.30. The van der Waals surface area contributed by atoms with Gasteiger partial charge in [0.05, 0.1) is 0 Å². The quantitative estimate of drug-likeness (QED) is 0.527. The van der Waals surface area contributed by atoms with Crippen LogP contribution in [0, 0.1) is 11.8 Å². The number of nitrogens with one attached hydrogen (secondary N) is 1. The summed E-state index contributed by atoms with van der Waals surface area (Å²) in [5.74, 6) is 7.32. The lowest BCUT2D eigenvalue weighted by Gasteiger charge is -2.07. The molecule has 0 aliphatic carbocycles. The van der Waals surface area contributed by atoms with Crippen LogP contribution in [0.4, 0.5) is 0 Å². The number of hydrogen-bond donors (Lipinski definition) is 1. The summed E-state index contributed by atoms with van der Waals surface area (Å²) in [5, 5.41) is 4.31. The van der Waals surface area contributed by atoms with Gasteiger partial charge in [-0.05, 0) is 25.5 Å². The molecule has 1 saturated heterocycles. The maximum atomic E-state index is 3.44. The molecule has 1 N–H and O–H groups in total. The topological polar surface area (TPSA) is 12.0 Å². The monoisotopic (exact) mass is 183 g/mol. The van der Waals surface area contributed by atoms with Gasteiger partial charge in [0.1, 0.15) is 0 Å². The third-order valence-corrected chi connectivity index (χ3v) is 3.40. The Morgan fingerprint density at radius 3 is 3.17 bits per heavy atom. The Balaban J connectivity index is 1.90. The molecule has 68 valence electrons. The summed E-state index contributed by atoms with van der Waals surface area (Å²) < 4.78 is 0. The summed E-state index contributed by atoms with van der Waals surface area (Å²) in [4.78, 5) is 0. The van der Waals surface area contributed by atoms with Crippen LogP contribution in [0.25, 0.3) is 0 Å². The molecule has 1 fully saturated rings. The Morgan fingerprint density at radius 1 is 1.58 bits per heavy atom. The molecule has 12 heavy (non-hydrogen) atoms. The highest BCUT2D eigenvalue weighted by molar-refractivity contribution is 8.00. The van der Waals surface area contributed by atoms with Gasteiger partial charge in [0.2, 0.25) is 0 Å². The molecule has 0 bridgehead atoms. The van der Waals surface area contributed by atoms with Crippen LogP contribution in [0.5, 0.6) is 0 Å². The minimum absolute atomic E-state index is 0.875. The van der Waals surface area contributed by atoms with E-state index in [-0.39, 0.29) is 0 Å². The van der Waals surface area contributed by atoms with E-state index in [0.717, 1.165) is 18.2 Å². The van der Waals surface area contributed by atoms with Gasteiger partial charge in [-0.15, -0.1) is 11.8 Å². The van der Waals surface area contributed by atoms with Crippen molar-refractivity contribution >= 4 is 11.8 Å². The minimum atomic E-state index is 0.875. The Hall–Kier alpha value is -0.130. The highest BCUT2D eigenvalue weighted by Gasteiger charge is 2.13. The lowest BCUT2D eigenvalue weighted by Crippen LogP contribution is -2.23. The third kappa shape index (κ3) is 4.04. The third-order valence-electron chi connectivity index (χ3n) is 2.00. The van der Waals surface area contributed by atoms with Crippen LogP contribution in [-0.2, 0) is 0 Å². The number of rotatable bonds is 4. The van der Waals surface area contributed by atoms with E-state index in [9.17, 15) is 0 Å². The van der Waals surface area contributed by atoms with Crippen molar-refractivity contribution in [3.8, 4) is 11.8 Å². The second-order valence-corrected chi connectivity index (χ2v) is 4.42. The van der Waals surface area contributed by atoms with Gasteiger partial charge in [-0.25, -0.2) is 0 Å². The van der Waals surface area contributed by atoms with Crippen molar-refractivity contribution in [1.82, 2.24) is 5.32 Å². The van der Waals surface area contributed by atoms with E-state index < -0.39 is 0 Å². The lowest BCUT2D eigenvalue weighted by atomic mass is 10.2. The van der Waals surface area contributed by atoms with E-state index in [2.05, 4.69) is 28.9 Å². The van der Waals surface area contributed by atoms with E-state index in [1.165, 1.54) is 25.1 Å². The Labute approximate surface area is 79.7 Å². The molecule has 0 saturated carbocycles. The molecule has 0 aromatic carbocycles. The van der Waals surface area contributed by atoms with Crippen LogP contribution < -0.4 is 5.32 Å². The van der Waals surface area contributed by atoms with Crippen LogP contribution in [0.2, 0.25) is 0 Å². The fraction of sp³-hybridized carbons (Fsp3) is 0.800. The van der Waals surface area contributed by atoms with Gasteiger partial charge in [0.25, 0.3) is 0 Å². The molecule has 2 heteroatoms. The molecule has 0 aromatic rings. The smallest absolute Gasteiger partial charge is 0.0214 e. The van der Waals surface area contributed by atoms with Crippen molar-refractivity contribution in [2.75, 3.05) is 18.8 Å². The highest BCUT2D eigenvalue weighted by Crippen LogP contribution is 2.24. The van der Waals surface area contributed by atoms with E-state index in [0.29, 0.717) is 0 Å². The lowest BCUT2D eigenvalue weighted by molar-refractivity contribution is 0.652. The molecule has 1 aliphatic rings. The van der Waals surface area contributed by atoms with Gasteiger partial charge >= 0.3 is 0 Å². The van der Waals surface area contributed by atoms with Crippen molar-refractivity contribution < 1.29 is 0 Å². The second kappa shape index (κ2) is 6.39. The molecule has 1 atom stereocenters. The number of hydrogen-bond acceptors (Lipinski definition) is 2. The van der Waals surface area contributed by atoms with Crippen molar-refractivity contribution in [3.05, 3.63) is 0 Å². The molecule has 0 spiro atoms. The fourth-order valence-electron chi connectivity index (χ4n) is 1.34. The Bertz CT molecular complexity index is 162. The van der Waals surface area contributed by atoms with Crippen LogP contribution >= 0.6 is 11.8 Å². The van der Waals surface area contributed by atoms with E-state index >= 15 is 0 Å². The summed E-state index contributed by atoms with van der Waals surface area (Å²) in [5.41, 5.74) is 0. The van der Waals surface area contributed by atoms with Gasteiger partial charge in [-0.2, -0.15) is 11.8 Å². The average Bonchev–Trinajstić information content (AvgIpc) is 2.57. The maximum absolute atomic E-state index is 3.44. The van der Waals surface area contributed by atoms with Crippen molar-refractivity contribution in [2.45, 2.75) is 31.4 Å². The normalized spacial score (nSPS) is 21.9. The van der Waals surface area contributed by atoms with Crippen molar-refractivity contribution in [2.24, 2.45) is 0 Å². The van der Waals surface area contributed by atoms with Crippen LogP contribution in [0.1, 0.15) is 26.2 Å². The highest BCUT2D eigenvalue weighted by atomic mass is 32.2. The van der Waals surface area contributed by atoms with Crippen LogP contribution in [-0.4, -0.2) is 24.1 Å². The minimum Gasteiger partial charge on any atom is -0.315 e. The zero-order chi connectivity index (χ0) is 8.65. The van der Waals surface area contributed by atoms with Gasteiger partial charge in [0, 0.05) is 24.8 Å². The predicted octanol–water partition coefficient (Wildman–Crippen LogP) is 1.89. The summed E-state index contributed by atoms with van der Waals surface area (Å²) in [7, 11) is 0. The molecular formula is C10H17NS. The van der Waals surface area contributed by atoms with Crippen LogP contribution in [0.15, 0.2) is 0 Å². The molecule has 1 rings (SSSR count). The molecule has 1 unspecified atom stereocenters. The van der Waals surface area contributed by atoms with E-state index in [4.69, 9.17) is 0 Å². The average molecular weight is 183 g/mol. The molecule has 1 nitrogen and oxygen atoms in total. The summed E-state index contributed by atoms with van der Waals surface area (Å²) in [6.07, 6.45) is 3.80. The van der Waals surface area contributed by atoms with Gasteiger partial charge in [-0.1, -0.05) is 0 Å². The van der Waals surface area contributed by atoms with Crippen molar-refractivity contribution in [1.29, 1.82) is 0 Å². The summed E-state index contributed by atoms with van der Waals surface area (Å²) in [6, 6.07) is 0. The largest absolute Gasteiger partial charge is 0.315 e. The van der Waals surface area contributed by atoms with E-state index in [1.807, 2.05) is 6.92 Å². The zero-order valence-electron chi connectivity index (χ0n) is 7.73. The first kappa shape index (κ1) is 9.95. The molecule has 1 aliphatic heterocycles. The fourth-order valence-corrected chi connectivity index (χ4v) is 2.58. The van der Waals surface area contributed by atoms with Crippen molar-refractivity contribution in [3.63, 3.8) is 0 Å². The summed E-state index contributed by atoms with van der Waals surface area (Å²) >= 11 is 2.11. The predicted molar refractivity (Wildman–Crippen MR) is 56.4 cm³/mol. The van der Waals surface area contributed by atoms with E-state index in [1.54, 1.807) is 0 Å². The van der Waals surface area contributed by atoms with Gasteiger partial charge in [0.15, 0.2) is 0 Å². The van der Waals surface area contributed by atoms with Gasteiger partial charge in [-0.3, -0.25) is 0 Å².